The first-order chi connectivity index (χ1) is 11.4. The molecular weight excluding hydrogens is 352 g/mol. The maximum Gasteiger partial charge on any atom is 0.330 e. The Hall–Kier alpha value is -1.19. The van der Waals surface area contributed by atoms with Crippen LogP contribution in [0, 0.1) is 0 Å². The SMILES string of the molecule is C=CC(=O)OC(C)CC[Si](C)(CCC(C)OC(=O)C=C)O[Si](C)(C)C. The highest BCUT2D eigenvalue weighted by atomic mass is 28.4. The summed E-state index contributed by atoms with van der Waals surface area (Å²) in [5, 5.41) is 0. The molecule has 5 nitrogen and oxygen atoms in total. The zero-order valence-corrected chi connectivity index (χ0v) is 18.6. The Kier molecular flexibility index (Phi) is 10.2. The predicted octanol–water partition coefficient (Wildman–Crippen LogP) is 4.43. The van der Waals surface area contributed by atoms with Crippen LogP contribution < -0.4 is 0 Å². The van der Waals surface area contributed by atoms with Crippen LogP contribution in [0.15, 0.2) is 25.3 Å². The number of carbonyl (C=O) groups excluding carboxylic acids is 2. The highest BCUT2D eigenvalue weighted by molar-refractivity contribution is 6.84. The second kappa shape index (κ2) is 10.7. The monoisotopic (exact) mass is 386 g/mol. The summed E-state index contributed by atoms with van der Waals surface area (Å²) < 4.78 is 17.1. The van der Waals surface area contributed by atoms with Crippen LogP contribution in [0.3, 0.4) is 0 Å². The van der Waals surface area contributed by atoms with Crippen molar-refractivity contribution in [2.45, 2.75) is 77.2 Å². The van der Waals surface area contributed by atoms with Gasteiger partial charge < -0.3 is 13.6 Å². The fraction of sp³-hybridized carbons (Fsp3) is 0.667. The molecule has 0 heterocycles. The molecule has 0 fully saturated rings. The number of hydrogen-bond donors (Lipinski definition) is 0. The first kappa shape index (κ1) is 23.8. The van der Waals surface area contributed by atoms with E-state index >= 15 is 0 Å². The van der Waals surface area contributed by atoms with E-state index in [0.717, 1.165) is 24.9 Å². The Bertz CT molecular complexity index is 439. The Balaban J connectivity index is 4.77. The van der Waals surface area contributed by atoms with Crippen LogP contribution in [-0.2, 0) is 23.2 Å². The van der Waals surface area contributed by atoms with Crippen molar-refractivity contribution < 1.29 is 23.2 Å². The molecule has 0 saturated carbocycles. The molecule has 0 aromatic heterocycles. The van der Waals surface area contributed by atoms with Gasteiger partial charge in [0.05, 0.1) is 12.2 Å². The third-order valence-electron chi connectivity index (χ3n) is 3.68. The van der Waals surface area contributed by atoms with Crippen LogP contribution in [0.2, 0.25) is 38.3 Å². The van der Waals surface area contributed by atoms with Gasteiger partial charge in [0.15, 0.2) is 16.6 Å². The molecule has 25 heavy (non-hydrogen) atoms. The van der Waals surface area contributed by atoms with E-state index in [4.69, 9.17) is 13.6 Å². The molecule has 0 rings (SSSR count). The highest BCUT2D eigenvalue weighted by Gasteiger charge is 2.35. The lowest BCUT2D eigenvalue weighted by Gasteiger charge is -2.36. The van der Waals surface area contributed by atoms with Crippen LogP contribution >= 0.6 is 0 Å². The molecule has 0 aliphatic heterocycles. The zero-order chi connectivity index (χ0) is 19.7. The Labute approximate surface area is 154 Å². The van der Waals surface area contributed by atoms with E-state index < -0.39 is 28.6 Å². The van der Waals surface area contributed by atoms with E-state index in [2.05, 4.69) is 39.3 Å². The van der Waals surface area contributed by atoms with E-state index in [1.54, 1.807) is 0 Å². The lowest BCUT2D eigenvalue weighted by atomic mass is 10.3. The maximum absolute atomic E-state index is 11.3. The molecule has 0 N–H and O–H groups in total. The Morgan fingerprint density at radius 3 is 1.52 bits per heavy atom. The summed E-state index contributed by atoms with van der Waals surface area (Å²) in [4.78, 5) is 22.6. The second-order valence-electron chi connectivity index (χ2n) is 7.64. The van der Waals surface area contributed by atoms with E-state index in [1.807, 2.05) is 13.8 Å². The fourth-order valence-electron chi connectivity index (χ4n) is 2.59. The molecule has 0 radical (unpaired) electrons. The predicted molar refractivity (Wildman–Crippen MR) is 106 cm³/mol. The second-order valence-corrected chi connectivity index (χ2v) is 16.6. The van der Waals surface area contributed by atoms with Crippen LogP contribution in [-0.4, -0.2) is 40.8 Å². The lowest BCUT2D eigenvalue weighted by molar-refractivity contribution is -0.143. The molecule has 7 heteroatoms. The van der Waals surface area contributed by atoms with Gasteiger partial charge in [-0.1, -0.05) is 13.2 Å². The average molecular weight is 387 g/mol. The summed E-state index contributed by atoms with van der Waals surface area (Å²) >= 11 is 0. The van der Waals surface area contributed by atoms with Gasteiger partial charge in [0.25, 0.3) is 0 Å². The topological polar surface area (TPSA) is 61.8 Å². The molecule has 0 bridgehead atoms. The number of carbonyl (C=O) groups is 2. The Morgan fingerprint density at radius 1 is 0.880 bits per heavy atom. The van der Waals surface area contributed by atoms with Crippen molar-refractivity contribution in [2.75, 3.05) is 0 Å². The normalized spacial score (nSPS) is 16.2. The summed E-state index contributed by atoms with van der Waals surface area (Å²) in [6.45, 7) is 19.4. The molecular formula is C18H34O5Si2. The van der Waals surface area contributed by atoms with Crippen LogP contribution in [0.1, 0.15) is 26.7 Å². The first-order valence-electron chi connectivity index (χ1n) is 8.77. The van der Waals surface area contributed by atoms with Crippen LogP contribution in [0.25, 0.3) is 0 Å². The minimum Gasteiger partial charge on any atom is -0.460 e. The minimum absolute atomic E-state index is 0.168. The molecule has 0 saturated heterocycles. The number of hydrogen-bond acceptors (Lipinski definition) is 5. The van der Waals surface area contributed by atoms with Gasteiger partial charge in [-0.2, -0.15) is 0 Å². The van der Waals surface area contributed by atoms with Crippen LogP contribution in [0.4, 0.5) is 0 Å². The van der Waals surface area contributed by atoms with E-state index in [0.29, 0.717) is 0 Å². The highest BCUT2D eigenvalue weighted by Crippen LogP contribution is 2.28. The first-order valence-corrected chi connectivity index (χ1v) is 15.0. The standard InChI is InChI=1S/C18H34O5Si2/c1-9-17(19)21-15(3)11-13-25(8,23-24(5,6)7)14-12-16(4)22-18(20)10-2/h9-10,15-16H,1-2,11-14H2,3-8H3. The molecule has 2 unspecified atom stereocenters. The zero-order valence-electron chi connectivity index (χ0n) is 16.6. The summed E-state index contributed by atoms with van der Waals surface area (Å²) in [5.74, 6) is -0.793. The summed E-state index contributed by atoms with van der Waals surface area (Å²) in [5.41, 5.74) is 0. The minimum atomic E-state index is -2.01. The summed E-state index contributed by atoms with van der Waals surface area (Å²) in [6, 6.07) is 1.79. The molecule has 144 valence electrons. The third-order valence-corrected chi connectivity index (χ3v) is 10.8. The van der Waals surface area contributed by atoms with Gasteiger partial charge in [0.2, 0.25) is 0 Å². The molecule has 0 aliphatic rings. The number of esters is 2. The molecule has 0 aromatic carbocycles. The van der Waals surface area contributed by atoms with Gasteiger partial charge in [-0.15, -0.1) is 0 Å². The van der Waals surface area contributed by atoms with Gasteiger partial charge in [-0.05, 0) is 65.0 Å². The molecule has 2 atom stereocenters. The van der Waals surface area contributed by atoms with Crippen molar-refractivity contribution in [3.8, 4) is 0 Å². The quantitative estimate of drug-likeness (QED) is 0.282. The van der Waals surface area contributed by atoms with Crippen molar-refractivity contribution in [1.29, 1.82) is 0 Å². The molecule has 0 spiro atoms. The van der Waals surface area contributed by atoms with E-state index in [1.165, 1.54) is 12.2 Å². The van der Waals surface area contributed by atoms with E-state index in [-0.39, 0.29) is 12.2 Å². The van der Waals surface area contributed by atoms with Gasteiger partial charge >= 0.3 is 11.9 Å². The van der Waals surface area contributed by atoms with Crippen molar-refractivity contribution in [3.63, 3.8) is 0 Å². The Morgan fingerprint density at radius 2 is 1.24 bits per heavy atom. The smallest absolute Gasteiger partial charge is 0.330 e. The van der Waals surface area contributed by atoms with Gasteiger partial charge in [-0.25, -0.2) is 9.59 Å². The molecule has 0 aromatic rings. The van der Waals surface area contributed by atoms with Crippen molar-refractivity contribution in [3.05, 3.63) is 25.3 Å². The van der Waals surface area contributed by atoms with Crippen molar-refractivity contribution in [1.82, 2.24) is 0 Å². The van der Waals surface area contributed by atoms with Gasteiger partial charge in [0.1, 0.15) is 0 Å². The fourth-order valence-corrected chi connectivity index (χ4v) is 11.6. The van der Waals surface area contributed by atoms with Crippen LogP contribution in [0.5, 0.6) is 0 Å². The summed E-state index contributed by atoms with van der Waals surface area (Å²) in [7, 11) is -3.71. The number of rotatable bonds is 12. The lowest BCUT2D eigenvalue weighted by Crippen LogP contribution is -2.45. The largest absolute Gasteiger partial charge is 0.460 e. The third kappa shape index (κ3) is 11.9. The number of ether oxygens (including phenoxy) is 2. The maximum atomic E-state index is 11.3. The van der Waals surface area contributed by atoms with Gasteiger partial charge in [-0.3, -0.25) is 0 Å². The molecule has 0 amide bonds. The average Bonchev–Trinajstić information content (AvgIpc) is 2.49. The van der Waals surface area contributed by atoms with E-state index in [9.17, 15) is 9.59 Å². The summed E-state index contributed by atoms with van der Waals surface area (Å²) in [6.07, 6.45) is 3.54. The molecule has 0 aliphatic carbocycles. The van der Waals surface area contributed by atoms with Crippen molar-refractivity contribution >= 4 is 28.6 Å². The van der Waals surface area contributed by atoms with Gasteiger partial charge in [0, 0.05) is 12.2 Å². The van der Waals surface area contributed by atoms with Crippen molar-refractivity contribution in [2.24, 2.45) is 0 Å².